The van der Waals surface area contributed by atoms with Gasteiger partial charge >= 0.3 is 6.03 Å². The van der Waals surface area contributed by atoms with Crippen LogP contribution in [0.25, 0.3) is 22.6 Å². The number of nitrogens with two attached hydrogens (primary N) is 1. The van der Waals surface area contributed by atoms with Crippen molar-refractivity contribution in [2.24, 2.45) is 5.73 Å². The van der Waals surface area contributed by atoms with E-state index in [1.165, 1.54) is 24.3 Å². The topological polar surface area (TPSA) is 332 Å². The average Bonchev–Trinajstić information content (AvgIpc) is 3.89. The maximum Gasteiger partial charge on any atom is 0.315 e. The van der Waals surface area contributed by atoms with Crippen LogP contribution in [0.5, 0.6) is 5.75 Å². The molecule has 2 saturated heterocycles. The number of benzene rings is 2. The van der Waals surface area contributed by atoms with Crippen molar-refractivity contribution < 1.29 is 66.8 Å². The second kappa shape index (κ2) is 29.2. The summed E-state index contributed by atoms with van der Waals surface area (Å²) in [5, 5.41) is 40.7. The van der Waals surface area contributed by atoms with Crippen molar-refractivity contribution in [3.8, 4) is 17.2 Å². The number of Topliss-reactive ketones (excluding diaryl/α,β-unsaturated/α-hetero) is 1. The minimum Gasteiger partial charge on any atom is -0.618 e. The molecule has 23 nitrogen and oxygen atoms in total. The lowest BCUT2D eigenvalue weighted by molar-refractivity contribution is -0.566. The molecule has 0 radical (unpaired) electrons. The van der Waals surface area contributed by atoms with Gasteiger partial charge < -0.3 is 71.3 Å². The van der Waals surface area contributed by atoms with E-state index in [9.17, 15) is 48.7 Å². The summed E-state index contributed by atoms with van der Waals surface area (Å²) in [4.78, 5) is 97.7. The number of nitrogens with one attached hydrogen (secondary N) is 6. The Hall–Kier alpha value is -6.08. The lowest BCUT2D eigenvalue weighted by Crippen LogP contribution is -2.41. The van der Waals surface area contributed by atoms with E-state index in [0.717, 1.165) is 31.1 Å². The van der Waals surface area contributed by atoms with Crippen LogP contribution in [0.2, 0.25) is 0 Å². The first-order valence-electron chi connectivity index (χ1n) is 23.5. The van der Waals surface area contributed by atoms with Crippen LogP contribution in [0.1, 0.15) is 81.0 Å². The van der Waals surface area contributed by atoms with Crippen LogP contribution >= 0.6 is 11.8 Å². The van der Waals surface area contributed by atoms with Crippen LogP contribution in [0.4, 0.5) is 4.79 Å². The van der Waals surface area contributed by atoms with E-state index in [0.29, 0.717) is 55.6 Å². The molecule has 9 N–H and O–H groups in total. The Morgan fingerprint density at radius 3 is 2.14 bits per heavy atom. The molecule has 7 amide bonds. The Morgan fingerprint density at radius 2 is 1.44 bits per heavy atom. The molecule has 1 aliphatic carbocycles. The summed E-state index contributed by atoms with van der Waals surface area (Å²) in [6.07, 6.45) is 3.77. The summed E-state index contributed by atoms with van der Waals surface area (Å²) in [5.74, 6) is -2.05. The summed E-state index contributed by atoms with van der Waals surface area (Å²) in [6.45, 7) is 2.64. The number of primary amides is 1. The fourth-order valence-electron chi connectivity index (χ4n) is 7.74. The number of ether oxygens (including phenoxy) is 4. The van der Waals surface area contributed by atoms with Crippen molar-refractivity contribution in [2.45, 2.75) is 94.0 Å². The molecule has 384 valence electrons. The number of carbonyl (C=O) groups excluding carboxylic acids is 7. The number of hydrogen-bond donors (Lipinski definition) is 8. The van der Waals surface area contributed by atoms with Crippen molar-refractivity contribution >= 4 is 64.2 Å². The Kier molecular flexibility index (Phi) is 22.9. The molecule has 1 aromatic rings. The van der Waals surface area contributed by atoms with Gasteiger partial charge in [-0.1, -0.05) is 6.42 Å². The molecule has 2 fully saturated rings. The highest BCUT2D eigenvalue weighted by atomic mass is 32.2. The van der Waals surface area contributed by atoms with Gasteiger partial charge in [-0.2, -0.15) is 16.5 Å². The Bertz CT molecular complexity index is 2280. The standard InChI is InChI=1S/C46H64N8O15S/c47-38(58)13-12-34(56)30(5-3-4-16-50-45(62)42-35(57)11-10-33-44(42)69-36-27-29(55)8-9-32(36)54(33)64)51-41(61)15-20-66-24-26-68-22-18-49-40(60)14-19-65-23-25-67-21-17-48-39(59)7-2-1-6-37-43-31(28-70-37)52-46(63)53-43/h8-11,27,30-31,37,43,57H,1-7,12-26,28H2,(H2,47,58)(H,48,59)(H,49,60)(H,50,62)(H,51,61)(H2,52,53,63)/t30-,31-,37-,43-/m0/s1. The number of phenolic OH excluding ortho intramolecular Hbond substituents is 1. The van der Waals surface area contributed by atoms with Crippen LogP contribution in [-0.2, 0) is 42.9 Å². The zero-order valence-electron chi connectivity index (χ0n) is 39.1. The maximum absolute atomic E-state index is 13.2. The minimum absolute atomic E-state index is 0.0203. The third-order valence-electron chi connectivity index (χ3n) is 11.4. The van der Waals surface area contributed by atoms with Gasteiger partial charge in [-0.05, 0) is 44.2 Å². The number of aromatic nitrogens is 1. The lowest BCUT2D eigenvalue weighted by atomic mass is 10.0. The Morgan fingerprint density at radius 1 is 0.771 bits per heavy atom. The summed E-state index contributed by atoms with van der Waals surface area (Å²) in [5.41, 5.74) is 4.34. The van der Waals surface area contributed by atoms with E-state index in [4.69, 9.17) is 29.1 Å². The molecule has 4 atom stereocenters. The first-order chi connectivity index (χ1) is 33.8. The number of unbranched alkanes of at least 4 members (excludes halogenated alkanes) is 2. The minimum atomic E-state index is -0.924. The van der Waals surface area contributed by atoms with Crippen molar-refractivity contribution in [2.75, 3.05) is 78.2 Å². The van der Waals surface area contributed by atoms with E-state index >= 15 is 0 Å². The van der Waals surface area contributed by atoms with Gasteiger partial charge in [0, 0.05) is 80.9 Å². The molecule has 4 aliphatic rings. The van der Waals surface area contributed by atoms with Crippen LogP contribution < -0.4 is 47.8 Å². The molecule has 70 heavy (non-hydrogen) atoms. The number of ketones is 1. The Balaban J connectivity index is 0.840. The normalized spacial score (nSPS) is 16.6. The van der Waals surface area contributed by atoms with E-state index < -0.39 is 34.9 Å². The highest BCUT2D eigenvalue weighted by Gasteiger charge is 2.42. The van der Waals surface area contributed by atoms with E-state index in [1.807, 2.05) is 11.8 Å². The molecule has 0 aromatic heterocycles. The molecule has 0 unspecified atom stereocenters. The van der Waals surface area contributed by atoms with E-state index in [2.05, 4.69) is 31.9 Å². The first-order valence-corrected chi connectivity index (χ1v) is 24.6. The molecule has 1 aromatic carbocycles. The quantitative estimate of drug-likeness (QED) is 0.0131. The number of hydrogen-bond acceptors (Lipinski definition) is 16. The average molecular weight is 1000 g/mol. The SMILES string of the molecule is NC(=O)CCC(=O)[C@H](CCCCNC(=O)c1c(O)ccc2c1oc1cc(=O)ccc-1[n+]2[O-])NC(=O)CCOCCOCCNC(=O)CCOCCOCCNC(=O)CCCC[C@@H]1SC[C@@H]2NC(=O)N[C@@H]21. The number of fused-ring (bicyclic) bond motifs is 3. The smallest absolute Gasteiger partial charge is 0.315 e. The number of carbonyl (C=O) groups is 7. The number of nitrogens with zero attached hydrogens (tertiary/aromatic N) is 1. The highest BCUT2D eigenvalue weighted by Crippen LogP contribution is 2.33. The van der Waals surface area contributed by atoms with Gasteiger partial charge in [0.05, 0.1) is 71.0 Å². The van der Waals surface area contributed by atoms with Gasteiger partial charge in [-0.25, -0.2) is 4.79 Å². The monoisotopic (exact) mass is 1000 g/mol. The molecule has 0 bridgehead atoms. The van der Waals surface area contributed by atoms with Crippen molar-refractivity contribution in [3.63, 3.8) is 0 Å². The fraction of sp³-hybridized carbons (Fsp3) is 0.587. The first kappa shape index (κ1) is 54.9. The number of aromatic hydroxyl groups is 1. The number of urea groups is 1. The predicted molar refractivity (Wildman–Crippen MR) is 254 cm³/mol. The molecule has 3 aliphatic heterocycles. The van der Waals surface area contributed by atoms with E-state index in [-0.39, 0.29) is 142 Å². The molecule has 0 spiro atoms. The second-order valence-corrected chi connectivity index (χ2v) is 17.9. The third-order valence-corrected chi connectivity index (χ3v) is 12.9. The summed E-state index contributed by atoms with van der Waals surface area (Å²) >= 11 is 1.87. The van der Waals surface area contributed by atoms with Gasteiger partial charge in [0.25, 0.3) is 17.1 Å². The highest BCUT2D eigenvalue weighted by molar-refractivity contribution is 8.00. The summed E-state index contributed by atoms with van der Waals surface area (Å²) in [7, 11) is 0. The predicted octanol–water partition coefficient (Wildman–Crippen LogP) is 0.261. The van der Waals surface area contributed by atoms with Crippen molar-refractivity contribution in [1.29, 1.82) is 0 Å². The molecular formula is C46H64N8O15S. The van der Waals surface area contributed by atoms with Crippen LogP contribution in [-0.4, -0.2) is 148 Å². The summed E-state index contributed by atoms with van der Waals surface area (Å²) < 4.78 is 28.1. The van der Waals surface area contributed by atoms with Crippen molar-refractivity contribution in [3.05, 3.63) is 51.3 Å². The zero-order chi connectivity index (χ0) is 50.3. The van der Waals surface area contributed by atoms with E-state index in [1.54, 1.807) is 0 Å². The molecule has 5 rings (SSSR count). The van der Waals surface area contributed by atoms with Gasteiger partial charge in [-0.15, -0.1) is 0 Å². The lowest BCUT2D eigenvalue weighted by Gasteiger charge is -2.18. The van der Waals surface area contributed by atoms with Crippen molar-refractivity contribution in [1.82, 2.24) is 31.9 Å². The second-order valence-electron chi connectivity index (χ2n) is 16.7. The number of rotatable bonds is 34. The number of phenols is 1. The fourth-order valence-corrected chi connectivity index (χ4v) is 9.29. The zero-order valence-corrected chi connectivity index (χ0v) is 39.9. The van der Waals surface area contributed by atoms with Crippen LogP contribution in [0.15, 0.2) is 39.5 Å². The van der Waals surface area contributed by atoms with Crippen LogP contribution in [0.3, 0.4) is 0 Å². The van der Waals surface area contributed by atoms with Gasteiger partial charge in [-0.3, -0.25) is 33.6 Å². The third kappa shape index (κ3) is 18.0. The number of thioether (sulfide) groups is 1. The summed E-state index contributed by atoms with van der Waals surface area (Å²) in [6, 6.07) is 5.45. The number of amides is 7. The maximum atomic E-state index is 13.2. The van der Waals surface area contributed by atoms with Gasteiger partial charge in [0.2, 0.25) is 35.0 Å². The van der Waals surface area contributed by atoms with Crippen LogP contribution in [0, 0.1) is 5.21 Å². The van der Waals surface area contributed by atoms with Gasteiger partial charge in [0.15, 0.2) is 11.2 Å². The molecular weight excluding hydrogens is 937 g/mol. The van der Waals surface area contributed by atoms with Gasteiger partial charge in [0.1, 0.15) is 11.3 Å². The Labute approximate surface area is 408 Å². The molecule has 0 saturated carbocycles. The molecule has 24 heteroatoms. The molecule has 3 heterocycles. The largest absolute Gasteiger partial charge is 0.618 e.